The van der Waals surface area contributed by atoms with Crippen LogP contribution in [0.2, 0.25) is 0 Å². The second-order valence-corrected chi connectivity index (χ2v) is 6.37. The zero-order valence-electron chi connectivity index (χ0n) is 12.6. The minimum absolute atomic E-state index is 0.133. The zero-order valence-corrected chi connectivity index (χ0v) is 13.5. The van der Waals surface area contributed by atoms with Gasteiger partial charge in [-0.1, -0.05) is 29.5 Å². The molecule has 0 aliphatic heterocycles. The second-order valence-electron chi connectivity index (χ2n) is 5.04. The first-order valence-corrected chi connectivity index (χ1v) is 7.65. The van der Waals surface area contributed by atoms with E-state index in [1.807, 2.05) is 32.0 Å². The van der Waals surface area contributed by atoms with Gasteiger partial charge in [-0.25, -0.2) is 4.98 Å². The molecule has 1 atom stereocenters. The molecule has 0 saturated heterocycles. The fraction of sp³-hybridized carbons (Fsp3) is 0.267. The lowest BCUT2D eigenvalue weighted by molar-refractivity contribution is -0.115. The average Bonchev–Trinajstić information content (AvgIpc) is 2.40. The third-order valence-electron chi connectivity index (χ3n) is 3.04. The summed E-state index contributed by atoms with van der Waals surface area (Å²) in [5, 5.41) is 2.78. The van der Waals surface area contributed by atoms with Gasteiger partial charge in [-0.3, -0.25) is 9.59 Å². The molecule has 6 nitrogen and oxygen atoms in total. The molecule has 0 unspecified atom stereocenters. The van der Waals surface area contributed by atoms with E-state index in [-0.39, 0.29) is 17.3 Å². The largest absolute Gasteiger partial charge is 0.383 e. The molecule has 0 radical (unpaired) electrons. The van der Waals surface area contributed by atoms with E-state index in [2.05, 4.69) is 15.3 Å². The van der Waals surface area contributed by atoms with Crippen molar-refractivity contribution in [3.05, 3.63) is 45.7 Å². The Morgan fingerprint density at radius 2 is 2.09 bits per heavy atom. The number of aromatic amines is 1. The highest BCUT2D eigenvalue weighted by Gasteiger charge is 2.17. The van der Waals surface area contributed by atoms with E-state index in [4.69, 9.17) is 5.73 Å². The van der Waals surface area contributed by atoms with E-state index in [0.29, 0.717) is 5.16 Å². The van der Waals surface area contributed by atoms with Gasteiger partial charge in [0.25, 0.3) is 5.56 Å². The number of anilines is 2. The smallest absolute Gasteiger partial charge is 0.253 e. The average molecular weight is 318 g/mol. The van der Waals surface area contributed by atoms with Crippen molar-refractivity contribution in [2.75, 3.05) is 11.1 Å². The Balaban J connectivity index is 2.07. The number of hydrogen-bond acceptors (Lipinski definition) is 5. The highest BCUT2D eigenvalue weighted by molar-refractivity contribution is 8.00. The third kappa shape index (κ3) is 4.11. The van der Waals surface area contributed by atoms with Crippen molar-refractivity contribution in [2.24, 2.45) is 0 Å². The lowest BCUT2D eigenvalue weighted by Crippen LogP contribution is -2.23. The van der Waals surface area contributed by atoms with Crippen LogP contribution in [0, 0.1) is 13.8 Å². The van der Waals surface area contributed by atoms with E-state index in [9.17, 15) is 9.59 Å². The number of hydrogen-bond donors (Lipinski definition) is 3. The van der Waals surface area contributed by atoms with E-state index < -0.39 is 5.25 Å². The van der Waals surface area contributed by atoms with E-state index in [1.54, 1.807) is 6.92 Å². The SMILES string of the molecule is Cc1ccc(NC(=O)[C@H](C)Sc2nc(N)cc(=O)[nH]2)c(C)c1. The highest BCUT2D eigenvalue weighted by Crippen LogP contribution is 2.22. The molecule has 0 fully saturated rings. The van der Waals surface area contributed by atoms with Crippen LogP contribution in [0.1, 0.15) is 18.1 Å². The van der Waals surface area contributed by atoms with Crippen LogP contribution in [-0.2, 0) is 4.79 Å². The van der Waals surface area contributed by atoms with Gasteiger partial charge in [0.1, 0.15) is 5.82 Å². The number of aromatic nitrogens is 2. The van der Waals surface area contributed by atoms with Crippen LogP contribution in [0.3, 0.4) is 0 Å². The monoisotopic (exact) mass is 318 g/mol. The molecule has 1 aromatic heterocycles. The van der Waals surface area contributed by atoms with E-state index in [0.717, 1.165) is 28.6 Å². The molecule has 22 heavy (non-hydrogen) atoms. The summed E-state index contributed by atoms with van der Waals surface area (Å²) in [5.74, 6) is -0.0322. The van der Waals surface area contributed by atoms with Crippen molar-refractivity contribution in [3.63, 3.8) is 0 Å². The van der Waals surface area contributed by atoms with E-state index >= 15 is 0 Å². The van der Waals surface area contributed by atoms with Crippen molar-refractivity contribution in [1.29, 1.82) is 0 Å². The first-order valence-electron chi connectivity index (χ1n) is 6.77. The van der Waals surface area contributed by atoms with Crippen molar-refractivity contribution >= 4 is 29.2 Å². The maximum atomic E-state index is 12.2. The number of thioether (sulfide) groups is 1. The summed E-state index contributed by atoms with van der Waals surface area (Å²) in [6.45, 7) is 5.68. The van der Waals surface area contributed by atoms with Crippen LogP contribution >= 0.6 is 11.8 Å². The summed E-state index contributed by atoms with van der Waals surface area (Å²) in [4.78, 5) is 30.1. The number of benzene rings is 1. The minimum Gasteiger partial charge on any atom is -0.383 e. The Morgan fingerprint density at radius 1 is 1.36 bits per heavy atom. The second kappa shape index (κ2) is 6.65. The fourth-order valence-electron chi connectivity index (χ4n) is 1.92. The topological polar surface area (TPSA) is 101 Å². The standard InChI is InChI=1S/C15H18N4O2S/c1-8-4-5-11(9(2)6-8)17-14(21)10(3)22-15-18-12(16)7-13(20)19-15/h4-7,10H,1-3H3,(H,17,21)(H3,16,18,19,20)/t10-/m0/s1. The quantitative estimate of drug-likeness (QED) is 0.592. The molecule has 116 valence electrons. The summed E-state index contributed by atoms with van der Waals surface area (Å²) in [6.07, 6.45) is 0. The van der Waals surface area contributed by atoms with Gasteiger partial charge < -0.3 is 16.0 Å². The molecule has 1 amide bonds. The number of carbonyl (C=O) groups excluding carboxylic acids is 1. The number of H-pyrrole nitrogens is 1. The maximum Gasteiger partial charge on any atom is 0.253 e. The number of nitrogens with two attached hydrogens (primary N) is 1. The maximum absolute atomic E-state index is 12.2. The Hall–Kier alpha value is -2.28. The molecule has 4 N–H and O–H groups in total. The summed E-state index contributed by atoms with van der Waals surface area (Å²) >= 11 is 1.15. The van der Waals surface area contributed by atoms with Gasteiger partial charge in [-0.2, -0.15) is 0 Å². The normalized spacial score (nSPS) is 12.0. The molecule has 1 aromatic carbocycles. The molecule has 7 heteroatoms. The number of nitrogens with zero attached hydrogens (tertiary/aromatic N) is 1. The Bertz CT molecular complexity index is 757. The van der Waals surface area contributed by atoms with Gasteiger partial charge in [0, 0.05) is 11.8 Å². The van der Waals surface area contributed by atoms with Crippen LogP contribution in [0.15, 0.2) is 34.2 Å². The first kappa shape index (κ1) is 16.1. The summed E-state index contributed by atoms with van der Waals surface area (Å²) in [7, 11) is 0. The Kier molecular flexibility index (Phi) is 4.87. The van der Waals surface area contributed by atoms with Gasteiger partial charge in [-0.15, -0.1) is 0 Å². The van der Waals surface area contributed by atoms with Gasteiger partial charge in [0.05, 0.1) is 5.25 Å². The molecule has 0 aliphatic rings. The number of nitrogen functional groups attached to an aromatic ring is 1. The van der Waals surface area contributed by atoms with Crippen LogP contribution in [0.4, 0.5) is 11.5 Å². The first-order chi connectivity index (χ1) is 10.3. The van der Waals surface area contributed by atoms with Gasteiger partial charge in [0.15, 0.2) is 5.16 Å². The van der Waals surface area contributed by atoms with Crippen LogP contribution in [0.25, 0.3) is 0 Å². The van der Waals surface area contributed by atoms with Gasteiger partial charge in [0.2, 0.25) is 5.91 Å². The molecular weight excluding hydrogens is 300 g/mol. The zero-order chi connectivity index (χ0) is 16.3. The lowest BCUT2D eigenvalue weighted by atomic mass is 10.1. The number of nitrogens with one attached hydrogen (secondary N) is 2. The van der Waals surface area contributed by atoms with Crippen molar-refractivity contribution in [1.82, 2.24) is 9.97 Å². The summed E-state index contributed by atoms with van der Waals surface area (Å²) in [6, 6.07) is 7.02. The van der Waals surface area contributed by atoms with Crippen LogP contribution < -0.4 is 16.6 Å². The molecule has 0 aliphatic carbocycles. The van der Waals surface area contributed by atoms with Gasteiger partial charge in [-0.05, 0) is 32.4 Å². The summed E-state index contributed by atoms with van der Waals surface area (Å²) in [5.41, 5.74) is 8.10. The predicted molar refractivity (Wildman–Crippen MR) is 89.1 cm³/mol. The van der Waals surface area contributed by atoms with Gasteiger partial charge >= 0.3 is 0 Å². The summed E-state index contributed by atoms with van der Waals surface area (Å²) < 4.78 is 0. The lowest BCUT2D eigenvalue weighted by Gasteiger charge is -2.13. The predicted octanol–water partition coefficient (Wildman–Crippen LogP) is 2.09. The number of aryl methyl sites for hydroxylation is 2. The third-order valence-corrected chi connectivity index (χ3v) is 4.02. The molecule has 2 rings (SSSR count). The van der Waals surface area contributed by atoms with Crippen LogP contribution in [-0.4, -0.2) is 21.1 Å². The highest BCUT2D eigenvalue weighted by atomic mass is 32.2. The number of carbonyl (C=O) groups is 1. The molecular formula is C15H18N4O2S. The Morgan fingerprint density at radius 3 is 2.73 bits per heavy atom. The van der Waals surface area contributed by atoms with E-state index in [1.165, 1.54) is 6.07 Å². The van der Waals surface area contributed by atoms with Crippen molar-refractivity contribution in [2.45, 2.75) is 31.2 Å². The number of amides is 1. The molecule has 0 saturated carbocycles. The minimum atomic E-state index is -0.425. The van der Waals surface area contributed by atoms with Crippen LogP contribution in [0.5, 0.6) is 0 Å². The molecule has 1 heterocycles. The molecule has 0 spiro atoms. The fourth-order valence-corrected chi connectivity index (χ4v) is 2.74. The Labute approximate surface area is 132 Å². The molecule has 0 bridgehead atoms. The van der Waals surface area contributed by atoms with Crippen molar-refractivity contribution < 1.29 is 4.79 Å². The number of rotatable bonds is 4. The molecule has 2 aromatic rings. The van der Waals surface area contributed by atoms with Crippen molar-refractivity contribution in [3.8, 4) is 0 Å².